The summed E-state index contributed by atoms with van der Waals surface area (Å²) in [5.41, 5.74) is 1.84. The van der Waals surface area contributed by atoms with Gasteiger partial charge in [0.15, 0.2) is 5.65 Å². The van der Waals surface area contributed by atoms with Crippen LogP contribution in [-0.2, 0) is 6.61 Å². The van der Waals surface area contributed by atoms with Gasteiger partial charge in [0.25, 0.3) is 0 Å². The van der Waals surface area contributed by atoms with Gasteiger partial charge in [-0.3, -0.25) is 0 Å². The number of fused-ring (bicyclic) bond motifs is 1. The van der Waals surface area contributed by atoms with E-state index >= 15 is 0 Å². The Kier molecular flexibility index (Phi) is 4.08. The maximum absolute atomic E-state index is 12.4. The van der Waals surface area contributed by atoms with Crippen LogP contribution in [0.1, 0.15) is 35.8 Å². The Morgan fingerprint density at radius 3 is 2.65 bits per heavy atom. The number of carbonyl (C=O) groups is 1. The number of aliphatic hydroxyl groups is 1. The van der Waals surface area contributed by atoms with Gasteiger partial charge in [0.2, 0.25) is 0 Å². The van der Waals surface area contributed by atoms with Crippen LogP contribution >= 0.6 is 0 Å². The smallest absolute Gasteiger partial charge is 0.344 e. The van der Waals surface area contributed by atoms with Gasteiger partial charge < -0.3 is 9.84 Å². The molecule has 0 saturated carbocycles. The van der Waals surface area contributed by atoms with Crippen molar-refractivity contribution in [3.8, 4) is 5.75 Å². The van der Waals surface area contributed by atoms with Crippen molar-refractivity contribution in [1.82, 2.24) is 14.8 Å². The van der Waals surface area contributed by atoms with Gasteiger partial charge in [0.1, 0.15) is 5.75 Å². The lowest BCUT2D eigenvalue weighted by atomic mass is 10.2. The first-order chi connectivity index (χ1) is 11.1. The molecule has 6 nitrogen and oxygen atoms in total. The second-order valence-corrected chi connectivity index (χ2v) is 5.47. The molecule has 0 saturated heterocycles. The van der Waals surface area contributed by atoms with Crippen molar-refractivity contribution in [2.45, 2.75) is 26.5 Å². The van der Waals surface area contributed by atoms with Crippen molar-refractivity contribution in [1.29, 1.82) is 0 Å². The van der Waals surface area contributed by atoms with E-state index in [0.29, 0.717) is 22.3 Å². The quantitative estimate of drug-likeness (QED) is 0.592. The average molecular weight is 311 g/mol. The van der Waals surface area contributed by atoms with Crippen molar-refractivity contribution in [3.05, 3.63) is 53.9 Å². The predicted molar refractivity (Wildman–Crippen MR) is 85.2 cm³/mol. The molecule has 1 N–H and O–H groups in total. The van der Waals surface area contributed by atoms with Crippen LogP contribution in [0.4, 0.5) is 0 Å². The summed E-state index contributed by atoms with van der Waals surface area (Å²) < 4.78 is 7.16. The summed E-state index contributed by atoms with van der Waals surface area (Å²) in [4.78, 5) is 16.7. The third-order valence-electron chi connectivity index (χ3n) is 3.52. The molecule has 1 aromatic carbocycles. The number of aliphatic hydroxyl groups excluding tert-OH is 1. The SMILES string of the molecule is CC(C)n1ncc2c(C(=O)Oc3ccc(CO)cc3)ccnc21. The summed E-state index contributed by atoms with van der Waals surface area (Å²) in [6.45, 7) is 3.96. The van der Waals surface area contributed by atoms with Crippen LogP contribution in [0, 0.1) is 0 Å². The van der Waals surface area contributed by atoms with Crippen molar-refractivity contribution in [2.24, 2.45) is 0 Å². The average Bonchev–Trinajstić information content (AvgIpc) is 2.99. The van der Waals surface area contributed by atoms with Gasteiger partial charge in [-0.15, -0.1) is 0 Å². The Hall–Kier alpha value is -2.73. The highest BCUT2D eigenvalue weighted by Gasteiger charge is 2.17. The molecule has 3 rings (SSSR count). The third-order valence-corrected chi connectivity index (χ3v) is 3.52. The molecule has 6 heteroatoms. The highest BCUT2D eigenvalue weighted by molar-refractivity contribution is 6.03. The molecule has 0 spiro atoms. The molecule has 0 aliphatic heterocycles. The molecule has 0 amide bonds. The van der Waals surface area contributed by atoms with Crippen LogP contribution < -0.4 is 4.74 Å². The summed E-state index contributed by atoms with van der Waals surface area (Å²) in [5.74, 6) is -0.0362. The minimum atomic E-state index is -0.461. The number of pyridine rings is 1. The predicted octanol–water partition coefficient (Wildman–Crippen LogP) is 2.72. The van der Waals surface area contributed by atoms with Crippen LogP contribution in [0.3, 0.4) is 0 Å². The van der Waals surface area contributed by atoms with E-state index in [1.54, 1.807) is 47.4 Å². The zero-order valence-electron chi connectivity index (χ0n) is 12.9. The lowest BCUT2D eigenvalue weighted by molar-refractivity contribution is 0.0736. The lowest BCUT2D eigenvalue weighted by Crippen LogP contribution is -2.10. The fourth-order valence-electron chi connectivity index (χ4n) is 2.33. The van der Waals surface area contributed by atoms with Gasteiger partial charge in [-0.25, -0.2) is 14.5 Å². The highest BCUT2D eigenvalue weighted by Crippen LogP contribution is 2.21. The first kappa shape index (κ1) is 15.2. The fourth-order valence-corrected chi connectivity index (χ4v) is 2.33. The lowest BCUT2D eigenvalue weighted by Gasteiger charge is -2.08. The van der Waals surface area contributed by atoms with Crippen LogP contribution in [0.15, 0.2) is 42.7 Å². The standard InChI is InChI=1S/C17H17N3O3/c1-11(2)20-16-15(9-19-20)14(7-8-18-16)17(22)23-13-5-3-12(10-21)4-6-13/h3-9,11,21H,10H2,1-2H3. The zero-order chi connectivity index (χ0) is 16.4. The first-order valence-corrected chi connectivity index (χ1v) is 7.34. The van der Waals surface area contributed by atoms with Gasteiger partial charge in [-0.05, 0) is 37.6 Å². The maximum Gasteiger partial charge on any atom is 0.344 e. The Labute approximate surface area is 133 Å². The largest absolute Gasteiger partial charge is 0.423 e. The van der Waals surface area contributed by atoms with E-state index in [2.05, 4.69) is 10.1 Å². The number of hydrogen-bond donors (Lipinski definition) is 1. The second-order valence-electron chi connectivity index (χ2n) is 5.47. The Balaban J connectivity index is 1.91. The maximum atomic E-state index is 12.4. The number of hydrogen-bond acceptors (Lipinski definition) is 5. The second kappa shape index (κ2) is 6.18. The Morgan fingerprint density at radius 2 is 2.00 bits per heavy atom. The summed E-state index contributed by atoms with van der Waals surface area (Å²) in [5, 5.41) is 14.0. The highest BCUT2D eigenvalue weighted by atomic mass is 16.5. The molecule has 118 valence electrons. The number of aromatic nitrogens is 3. The molecule has 0 aliphatic rings. The van der Waals surface area contributed by atoms with Gasteiger partial charge in [0, 0.05) is 12.2 Å². The number of rotatable bonds is 4. The van der Waals surface area contributed by atoms with Crippen LogP contribution in [0.25, 0.3) is 11.0 Å². The molecule has 2 aromatic heterocycles. The molecule has 0 fully saturated rings. The van der Waals surface area contributed by atoms with Gasteiger partial charge in [-0.2, -0.15) is 5.10 Å². The number of ether oxygens (including phenoxy) is 1. The first-order valence-electron chi connectivity index (χ1n) is 7.34. The van der Waals surface area contributed by atoms with Crippen molar-refractivity contribution in [3.63, 3.8) is 0 Å². The molecule has 0 atom stereocenters. The molecule has 0 bridgehead atoms. The van der Waals surface area contributed by atoms with Gasteiger partial charge in [0.05, 0.1) is 23.8 Å². The summed E-state index contributed by atoms with van der Waals surface area (Å²) >= 11 is 0. The molecule has 0 aliphatic carbocycles. The molecular weight excluding hydrogens is 294 g/mol. The number of esters is 1. The van der Waals surface area contributed by atoms with E-state index in [9.17, 15) is 4.79 Å². The van der Waals surface area contributed by atoms with E-state index in [1.807, 2.05) is 13.8 Å². The Bertz CT molecular complexity index is 838. The molecule has 3 aromatic rings. The molecule has 2 heterocycles. The monoisotopic (exact) mass is 311 g/mol. The van der Waals surface area contributed by atoms with E-state index in [0.717, 1.165) is 5.56 Å². The van der Waals surface area contributed by atoms with Crippen LogP contribution in [0.5, 0.6) is 5.75 Å². The molecule has 0 unspecified atom stereocenters. The summed E-state index contributed by atoms with van der Waals surface area (Å²) in [7, 11) is 0. The Morgan fingerprint density at radius 1 is 1.26 bits per heavy atom. The zero-order valence-corrected chi connectivity index (χ0v) is 12.9. The van der Waals surface area contributed by atoms with Crippen molar-refractivity contribution >= 4 is 17.0 Å². The minimum absolute atomic E-state index is 0.0480. The topological polar surface area (TPSA) is 77.2 Å². The molecular formula is C17H17N3O3. The number of benzene rings is 1. The third kappa shape index (κ3) is 2.93. The fraction of sp³-hybridized carbons (Fsp3) is 0.235. The number of carbonyl (C=O) groups excluding carboxylic acids is 1. The van der Waals surface area contributed by atoms with Crippen molar-refractivity contribution < 1.29 is 14.6 Å². The van der Waals surface area contributed by atoms with E-state index in [4.69, 9.17) is 9.84 Å². The van der Waals surface area contributed by atoms with Gasteiger partial charge >= 0.3 is 5.97 Å². The van der Waals surface area contributed by atoms with Crippen molar-refractivity contribution in [2.75, 3.05) is 0 Å². The molecule has 0 radical (unpaired) electrons. The summed E-state index contributed by atoms with van der Waals surface area (Å²) in [6.07, 6.45) is 3.21. The van der Waals surface area contributed by atoms with E-state index < -0.39 is 5.97 Å². The van der Waals surface area contributed by atoms with Crippen LogP contribution in [-0.4, -0.2) is 25.8 Å². The van der Waals surface area contributed by atoms with E-state index in [-0.39, 0.29) is 12.6 Å². The van der Waals surface area contributed by atoms with Crippen LogP contribution in [0.2, 0.25) is 0 Å². The summed E-state index contributed by atoms with van der Waals surface area (Å²) in [6, 6.07) is 8.50. The molecule has 23 heavy (non-hydrogen) atoms. The number of nitrogens with zero attached hydrogens (tertiary/aromatic N) is 3. The van der Waals surface area contributed by atoms with Gasteiger partial charge in [-0.1, -0.05) is 12.1 Å². The normalized spacial score (nSPS) is 11.1. The minimum Gasteiger partial charge on any atom is -0.423 e. The van der Waals surface area contributed by atoms with E-state index in [1.165, 1.54) is 0 Å².